The number of hydrogen-bond acceptors (Lipinski definition) is 3. The maximum atomic E-state index is 13.1. The molecule has 0 radical (unpaired) electrons. The van der Waals surface area contributed by atoms with Crippen LogP contribution in [0.25, 0.3) is 0 Å². The molecule has 0 saturated heterocycles. The van der Waals surface area contributed by atoms with E-state index in [9.17, 15) is 18.0 Å². The van der Waals surface area contributed by atoms with Gasteiger partial charge < -0.3 is 14.6 Å². The highest BCUT2D eigenvalue weighted by atomic mass is 19.4. The van der Waals surface area contributed by atoms with Crippen molar-refractivity contribution in [3.05, 3.63) is 23.3 Å². The van der Waals surface area contributed by atoms with Crippen molar-refractivity contribution < 1.29 is 32.5 Å². The second-order valence-corrected chi connectivity index (χ2v) is 5.24. The minimum atomic E-state index is -4.62. The van der Waals surface area contributed by atoms with E-state index in [1.165, 1.54) is 27.0 Å². The fourth-order valence-corrected chi connectivity index (χ4v) is 1.92. The van der Waals surface area contributed by atoms with Gasteiger partial charge in [0.05, 0.1) is 19.6 Å². The predicted octanol–water partition coefficient (Wildman–Crippen LogP) is 3.38. The summed E-state index contributed by atoms with van der Waals surface area (Å²) in [6, 6.07) is 2.25. The molecule has 0 unspecified atom stereocenters. The van der Waals surface area contributed by atoms with Crippen LogP contribution >= 0.6 is 0 Å². The third-order valence-corrected chi connectivity index (χ3v) is 3.07. The number of hydrogen-bond donors (Lipinski definition) is 1. The fraction of sp³-hybridized carbons (Fsp3) is 0.500. The molecule has 1 rings (SSSR count). The van der Waals surface area contributed by atoms with Crippen molar-refractivity contribution in [1.29, 1.82) is 0 Å². The second kappa shape index (κ2) is 5.83. The molecule has 0 aliphatic rings. The molecule has 7 heteroatoms. The van der Waals surface area contributed by atoms with E-state index in [-0.39, 0.29) is 17.7 Å². The summed E-state index contributed by atoms with van der Waals surface area (Å²) >= 11 is 0. The monoisotopic (exact) mass is 306 g/mol. The molecule has 0 amide bonds. The Bertz CT molecular complexity index is 536. The van der Waals surface area contributed by atoms with E-state index >= 15 is 0 Å². The van der Waals surface area contributed by atoms with Crippen LogP contribution in [0.2, 0.25) is 0 Å². The Kier molecular flexibility index (Phi) is 4.76. The molecule has 0 spiro atoms. The van der Waals surface area contributed by atoms with Gasteiger partial charge in [-0.05, 0) is 38.0 Å². The molecule has 0 aliphatic carbocycles. The Balaban J connectivity index is 3.40. The number of methoxy groups -OCH3 is 2. The maximum absolute atomic E-state index is 13.1. The molecule has 4 nitrogen and oxygen atoms in total. The molecule has 1 N–H and O–H groups in total. The molecule has 0 saturated carbocycles. The largest absolute Gasteiger partial charge is 0.493 e. The third-order valence-electron chi connectivity index (χ3n) is 3.07. The van der Waals surface area contributed by atoms with Crippen LogP contribution in [0, 0.1) is 5.41 Å². The number of carboxylic acid groups (broad SMARTS) is 1. The summed E-state index contributed by atoms with van der Waals surface area (Å²) < 4.78 is 48.9. The minimum Gasteiger partial charge on any atom is -0.493 e. The van der Waals surface area contributed by atoms with Crippen LogP contribution in [0.15, 0.2) is 12.1 Å². The smallest absolute Gasteiger partial charge is 0.420 e. The van der Waals surface area contributed by atoms with E-state index in [1.807, 2.05) is 0 Å². The lowest BCUT2D eigenvalue weighted by Gasteiger charge is -2.22. The van der Waals surface area contributed by atoms with Crippen molar-refractivity contribution in [1.82, 2.24) is 0 Å². The lowest BCUT2D eigenvalue weighted by Crippen LogP contribution is -2.26. The van der Waals surface area contributed by atoms with Gasteiger partial charge in [-0.15, -0.1) is 0 Å². The van der Waals surface area contributed by atoms with Crippen LogP contribution in [0.4, 0.5) is 13.2 Å². The van der Waals surface area contributed by atoms with Crippen LogP contribution in [-0.2, 0) is 17.4 Å². The molecule has 0 heterocycles. The van der Waals surface area contributed by atoms with Gasteiger partial charge in [-0.3, -0.25) is 4.79 Å². The molecule has 0 bridgehead atoms. The minimum absolute atomic E-state index is 0.0637. The highest BCUT2D eigenvalue weighted by molar-refractivity contribution is 5.74. The van der Waals surface area contributed by atoms with Gasteiger partial charge in [0, 0.05) is 0 Å². The van der Waals surface area contributed by atoms with Gasteiger partial charge in [0.15, 0.2) is 11.5 Å². The lowest BCUT2D eigenvalue weighted by molar-refractivity contribution is -0.146. The van der Waals surface area contributed by atoms with Crippen molar-refractivity contribution in [2.75, 3.05) is 14.2 Å². The quantitative estimate of drug-likeness (QED) is 0.906. The highest BCUT2D eigenvalue weighted by Crippen LogP contribution is 2.43. The number of alkyl halides is 3. The molecule has 0 aliphatic heterocycles. The zero-order chi connectivity index (χ0) is 16.4. The van der Waals surface area contributed by atoms with Crippen molar-refractivity contribution in [3.8, 4) is 11.5 Å². The summed E-state index contributed by atoms with van der Waals surface area (Å²) in [7, 11) is 2.35. The van der Waals surface area contributed by atoms with Crippen molar-refractivity contribution in [2.24, 2.45) is 5.41 Å². The number of aliphatic carboxylic acids is 1. The average molecular weight is 306 g/mol. The van der Waals surface area contributed by atoms with Gasteiger partial charge in [-0.2, -0.15) is 13.2 Å². The number of carboxylic acids is 1. The lowest BCUT2D eigenvalue weighted by atomic mass is 9.85. The molecule has 0 fully saturated rings. The Morgan fingerprint density at radius 3 is 2.14 bits per heavy atom. The predicted molar refractivity (Wildman–Crippen MR) is 69.7 cm³/mol. The van der Waals surface area contributed by atoms with Crippen LogP contribution in [0.3, 0.4) is 0 Å². The first kappa shape index (κ1) is 17.1. The first-order valence-corrected chi connectivity index (χ1v) is 6.08. The molecule has 1 aromatic carbocycles. The molecular weight excluding hydrogens is 289 g/mol. The zero-order valence-corrected chi connectivity index (χ0v) is 12.2. The molecule has 118 valence electrons. The summed E-state index contributed by atoms with van der Waals surface area (Å²) in [5, 5.41) is 9.08. The van der Waals surface area contributed by atoms with Gasteiger partial charge in [-0.25, -0.2) is 0 Å². The summed E-state index contributed by atoms with van der Waals surface area (Å²) in [6.45, 7) is 2.89. The summed E-state index contributed by atoms with van der Waals surface area (Å²) in [6.07, 6.45) is -4.69. The van der Waals surface area contributed by atoms with Gasteiger partial charge in [0.2, 0.25) is 0 Å². The van der Waals surface area contributed by atoms with Crippen molar-refractivity contribution in [3.63, 3.8) is 0 Å². The number of rotatable bonds is 5. The third kappa shape index (κ3) is 3.80. The first-order valence-electron chi connectivity index (χ1n) is 6.08. The Morgan fingerprint density at radius 1 is 1.19 bits per heavy atom. The summed E-state index contributed by atoms with van der Waals surface area (Å²) in [4.78, 5) is 11.1. The van der Waals surface area contributed by atoms with E-state index in [2.05, 4.69) is 0 Å². The Labute approximate surface area is 120 Å². The van der Waals surface area contributed by atoms with Gasteiger partial charge in [-0.1, -0.05) is 0 Å². The van der Waals surface area contributed by atoms with E-state index in [0.717, 1.165) is 13.2 Å². The molecule has 21 heavy (non-hydrogen) atoms. The standard InChI is InChI=1S/C14H17F3O4/c1-13(2,12(18)19)7-8-5-9(14(15,16)17)11(21-4)10(6-8)20-3/h5-6H,7H2,1-4H3,(H,18,19). The van der Waals surface area contributed by atoms with E-state index in [0.29, 0.717) is 0 Å². The van der Waals surface area contributed by atoms with Crippen LogP contribution in [0.1, 0.15) is 25.0 Å². The number of ether oxygens (including phenoxy) is 2. The normalized spacial score (nSPS) is 12.1. The highest BCUT2D eigenvalue weighted by Gasteiger charge is 2.37. The molecule has 1 aromatic rings. The molecule has 0 atom stereocenters. The topological polar surface area (TPSA) is 55.8 Å². The van der Waals surface area contributed by atoms with Gasteiger partial charge in [0.25, 0.3) is 0 Å². The zero-order valence-electron chi connectivity index (χ0n) is 12.2. The first-order chi connectivity index (χ1) is 9.52. The average Bonchev–Trinajstić information content (AvgIpc) is 2.35. The SMILES string of the molecule is COc1cc(CC(C)(C)C(=O)O)cc(C(F)(F)F)c1OC. The molecular formula is C14H17F3O4. The molecule has 0 aromatic heterocycles. The van der Waals surface area contributed by atoms with Crippen LogP contribution < -0.4 is 9.47 Å². The van der Waals surface area contributed by atoms with Gasteiger partial charge >= 0.3 is 12.1 Å². The number of benzene rings is 1. The van der Waals surface area contributed by atoms with Crippen LogP contribution in [0.5, 0.6) is 11.5 Å². The fourth-order valence-electron chi connectivity index (χ4n) is 1.92. The second-order valence-electron chi connectivity index (χ2n) is 5.24. The van der Waals surface area contributed by atoms with Crippen molar-refractivity contribution in [2.45, 2.75) is 26.4 Å². The van der Waals surface area contributed by atoms with Gasteiger partial charge in [0.1, 0.15) is 5.56 Å². The Hall–Kier alpha value is -1.92. The number of carbonyl (C=O) groups is 1. The number of halogens is 3. The van der Waals surface area contributed by atoms with Crippen LogP contribution in [-0.4, -0.2) is 25.3 Å². The Morgan fingerprint density at radius 2 is 1.76 bits per heavy atom. The summed E-state index contributed by atoms with van der Waals surface area (Å²) in [5.74, 6) is -1.59. The maximum Gasteiger partial charge on any atom is 0.420 e. The van der Waals surface area contributed by atoms with E-state index in [1.54, 1.807) is 0 Å². The van der Waals surface area contributed by atoms with E-state index in [4.69, 9.17) is 14.6 Å². The summed E-state index contributed by atoms with van der Waals surface area (Å²) in [5.41, 5.74) is -1.96. The van der Waals surface area contributed by atoms with Crippen molar-refractivity contribution >= 4 is 5.97 Å². The van der Waals surface area contributed by atoms with E-state index < -0.39 is 28.9 Å².